The second kappa shape index (κ2) is 19.9. The molecule has 78 heavy (non-hydrogen) atoms. The van der Waals surface area contributed by atoms with Gasteiger partial charge >= 0.3 is 30.6 Å². The lowest BCUT2D eigenvalue weighted by Crippen LogP contribution is -2.47. The van der Waals surface area contributed by atoms with E-state index in [1.54, 1.807) is 13.8 Å². The van der Waals surface area contributed by atoms with E-state index in [9.17, 15) is 23.2 Å². The average Bonchev–Trinajstić information content (AvgIpc) is 4.19. The van der Waals surface area contributed by atoms with Crippen molar-refractivity contribution in [2.24, 2.45) is 58.2 Å². The highest BCUT2D eigenvalue weighted by Crippen LogP contribution is 2.62. The summed E-state index contributed by atoms with van der Waals surface area (Å²) in [5.41, 5.74) is 9.05. The number of carbonyl (C=O) groups is 3. The standard InChI is InChI=1S/C55H66F2N10O11/c1-5-54(25-73-49(68)71-9-7-52-19-31-11-32(20-52)13-33(12-31)21-52)37(17-39(77-54)66-27-60-41-43(58)62-47(56)64-45(41)66)29(3)75-51(70)76-30(4)38-18-40(67-28-61-42-44(59)63-48(57)65-46(42)67)78-55(38,6-2)26-74-50(69)72-10-8-53-22-34-14-35(23-53)16-36(15-34)24-53/h1-2,27-40H,7-26H2,3-4H3,(H2,58,62,64)(H2,59,63,65)/t29?,30?,31?,32?,33?,34?,35?,36?,37-,38-,39+,40+,52?,53?,54+,55+/m0/s1. The van der Waals surface area contributed by atoms with Crippen molar-refractivity contribution in [3.63, 3.8) is 0 Å². The minimum absolute atomic E-state index is 0.0111. The zero-order valence-corrected chi connectivity index (χ0v) is 43.9. The molecule has 6 heterocycles. The number of aromatic nitrogens is 8. The van der Waals surface area contributed by atoms with E-state index in [-0.39, 0.29) is 70.8 Å². The van der Waals surface area contributed by atoms with Crippen LogP contribution in [0.4, 0.5) is 34.8 Å². The first-order valence-electron chi connectivity index (χ1n) is 27.5. The Morgan fingerprint density at radius 3 is 1.31 bits per heavy atom. The van der Waals surface area contributed by atoms with Gasteiger partial charge in [-0.3, -0.25) is 9.13 Å². The van der Waals surface area contributed by atoms with Crippen molar-refractivity contribution in [3.8, 4) is 24.7 Å². The first-order valence-corrected chi connectivity index (χ1v) is 27.5. The molecule has 416 valence electrons. The van der Waals surface area contributed by atoms with Crippen LogP contribution in [0.15, 0.2) is 12.7 Å². The van der Waals surface area contributed by atoms with E-state index in [2.05, 4.69) is 41.7 Å². The summed E-state index contributed by atoms with van der Waals surface area (Å²) in [6, 6.07) is 0. The van der Waals surface area contributed by atoms with Crippen LogP contribution in [-0.4, -0.2) is 107 Å². The summed E-state index contributed by atoms with van der Waals surface area (Å²) in [4.78, 5) is 64.4. The molecule has 0 spiro atoms. The molecule has 0 radical (unpaired) electrons. The number of carbonyl (C=O) groups excluding carboxylic acids is 3. The van der Waals surface area contributed by atoms with Crippen molar-refractivity contribution in [1.82, 2.24) is 39.0 Å². The molecule has 2 saturated heterocycles. The van der Waals surface area contributed by atoms with E-state index in [0.717, 1.165) is 86.9 Å². The molecular weight excluding hydrogens is 1010 g/mol. The summed E-state index contributed by atoms with van der Waals surface area (Å²) < 4.78 is 79.9. The Morgan fingerprint density at radius 2 is 0.962 bits per heavy atom. The molecule has 21 nitrogen and oxygen atoms in total. The topological polar surface area (TPSA) is 264 Å². The SMILES string of the molecule is C#C[C@]1(COC(=O)OCCC23CC4CC(CC(C4)C2)C3)O[C@@H](n2cnc3c(N)nc(F)nc32)C[C@H]1C(C)OC(=O)OC(C)[C@@H]1C[C@H](n2cnc3c(N)nc(F)nc32)O[C@]1(C#C)COC(=O)OCCC12CC3CC(CC(C3)C1)C2. The lowest BCUT2D eigenvalue weighted by Gasteiger charge is -2.57. The summed E-state index contributed by atoms with van der Waals surface area (Å²) in [6.07, 6.45) is 22.0. The summed E-state index contributed by atoms with van der Waals surface area (Å²) in [7, 11) is 0. The number of hydrogen-bond acceptors (Lipinski definition) is 19. The van der Waals surface area contributed by atoms with Gasteiger partial charge in [-0.15, -0.1) is 12.8 Å². The van der Waals surface area contributed by atoms with Crippen LogP contribution in [0.3, 0.4) is 0 Å². The Bertz CT molecular complexity index is 2810. The summed E-state index contributed by atoms with van der Waals surface area (Å²) >= 11 is 0. The van der Waals surface area contributed by atoms with Gasteiger partial charge in [0.25, 0.3) is 0 Å². The molecule has 8 bridgehead atoms. The number of imidazole rings is 2. The van der Waals surface area contributed by atoms with Crippen LogP contribution >= 0.6 is 0 Å². The normalized spacial score (nSPS) is 35.8. The van der Waals surface area contributed by atoms with Gasteiger partial charge in [0.15, 0.2) is 45.2 Å². The highest BCUT2D eigenvalue weighted by Gasteiger charge is 2.57. The monoisotopic (exact) mass is 1080 g/mol. The zero-order chi connectivity index (χ0) is 54.3. The second-order valence-electron chi connectivity index (χ2n) is 24.3. The number of halogens is 2. The van der Waals surface area contributed by atoms with Crippen molar-refractivity contribution < 1.29 is 61.1 Å². The molecule has 8 aliphatic carbocycles. The summed E-state index contributed by atoms with van der Waals surface area (Å²) in [6.45, 7) is 2.48. The molecular formula is C55H66F2N10O11. The minimum atomic E-state index is -1.75. The maximum atomic E-state index is 14.6. The van der Waals surface area contributed by atoms with Crippen LogP contribution in [0.25, 0.3) is 22.3 Å². The largest absolute Gasteiger partial charge is 0.508 e. The second-order valence-corrected chi connectivity index (χ2v) is 24.3. The van der Waals surface area contributed by atoms with Gasteiger partial charge in [-0.05, 0) is 150 Å². The Kier molecular flexibility index (Phi) is 13.3. The summed E-state index contributed by atoms with van der Waals surface area (Å²) in [5, 5.41) is 0. The average molecular weight is 1080 g/mol. The highest BCUT2D eigenvalue weighted by atomic mass is 19.1. The predicted octanol–water partition coefficient (Wildman–Crippen LogP) is 8.37. The van der Waals surface area contributed by atoms with Crippen molar-refractivity contribution >= 4 is 52.4 Å². The number of hydrogen-bond donors (Lipinski definition) is 2. The molecule has 2 aliphatic heterocycles. The van der Waals surface area contributed by atoms with Crippen LogP contribution in [-0.2, 0) is 37.9 Å². The summed E-state index contributed by atoms with van der Waals surface area (Å²) in [5.74, 6) is 7.53. The fourth-order valence-electron chi connectivity index (χ4n) is 16.7. The number of fused-ring (bicyclic) bond motifs is 2. The number of rotatable bonds is 16. The van der Waals surface area contributed by atoms with E-state index in [1.165, 1.54) is 60.3 Å². The molecule has 2 unspecified atom stereocenters. The molecule has 0 amide bonds. The van der Waals surface area contributed by atoms with Crippen molar-refractivity contribution in [2.75, 3.05) is 37.9 Å². The van der Waals surface area contributed by atoms with Gasteiger partial charge in [-0.25, -0.2) is 24.4 Å². The maximum absolute atomic E-state index is 14.6. The zero-order valence-electron chi connectivity index (χ0n) is 43.9. The lowest BCUT2D eigenvalue weighted by atomic mass is 9.49. The quantitative estimate of drug-likeness (QED) is 0.0462. The smallest absolute Gasteiger partial charge is 0.434 e. The Morgan fingerprint density at radius 1 is 0.603 bits per heavy atom. The molecule has 4 aromatic heterocycles. The first-order chi connectivity index (χ1) is 37.4. The molecule has 8 atom stereocenters. The van der Waals surface area contributed by atoms with Crippen molar-refractivity contribution in [2.45, 2.75) is 152 Å². The number of terminal acetylenes is 2. The third kappa shape index (κ3) is 9.66. The van der Waals surface area contributed by atoms with Gasteiger partial charge in [0, 0.05) is 24.7 Å². The third-order valence-electron chi connectivity index (χ3n) is 19.3. The molecule has 23 heteroatoms. The van der Waals surface area contributed by atoms with Gasteiger partial charge < -0.3 is 49.4 Å². The highest BCUT2D eigenvalue weighted by molar-refractivity contribution is 5.82. The molecule has 14 rings (SSSR count). The molecule has 10 fully saturated rings. The number of ether oxygens (including phenoxy) is 8. The lowest BCUT2D eigenvalue weighted by molar-refractivity contribution is -0.110. The minimum Gasteiger partial charge on any atom is -0.434 e. The van der Waals surface area contributed by atoms with E-state index < -0.39 is 91.5 Å². The van der Waals surface area contributed by atoms with E-state index in [0.29, 0.717) is 0 Å². The van der Waals surface area contributed by atoms with Gasteiger partial charge in [-0.1, -0.05) is 11.8 Å². The fraction of sp³-hybridized carbons (Fsp3) is 0.691. The Balaban J connectivity index is 0.738. The van der Waals surface area contributed by atoms with E-state index >= 15 is 0 Å². The van der Waals surface area contributed by atoms with Gasteiger partial charge in [0.05, 0.1) is 25.9 Å². The van der Waals surface area contributed by atoms with Gasteiger partial charge in [-0.2, -0.15) is 28.7 Å². The van der Waals surface area contributed by atoms with Crippen LogP contribution < -0.4 is 11.5 Å². The Labute approximate surface area is 449 Å². The number of nitrogens with two attached hydrogens (primary N) is 2. The fourth-order valence-corrected chi connectivity index (χ4v) is 16.7. The van der Waals surface area contributed by atoms with E-state index in [4.69, 9.17) is 62.2 Å². The number of nitrogens with zero attached hydrogens (tertiary/aromatic N) is 8. The van der Waals surface area contributed by atoms with Crippen molar-refractivity contribution in [3.05, 3.63) is 24.8 Å². The number of anilines is 2. The predicted molar refractivity (Wildman–Crippen MR) is 271 cm³/mol. The van der Waals surface area contributed by atoms with Crippen LogP contribution in [0.5, 0.6) is 0 Å². The van der Waals surface area contributed by atoms with Crippen LogP contribution in [0.1, 0.15) is 129 Å². The third-order valence-corrected chi connectivity index (χ3v) is 19.3. The molecule has 4 aromatic rings. The Hall–Kier alpha value is -6.59. The number of nitrogen functional groups attached to an aromatic ring is 2. The molecule has 0 aromatic carbocycles. The van der Waals surface area contributed by atoms with Gasteiger partial charge in [0.1, 0.15) is 37.9 Å². The maximum Gasteiger partial charge on any atom is 0.508 e. The van der Waals surface area contributed by atoms with Crippen molar-refractivity contribution in [1.29, 1.82) is 0 Å². The molecule has 8 saturated carbocycles. The van der Waals surface area contributed by atoms with Crippen LogP contribution in [0.2, 0.25) is 0 Å². The van der Waals surface area contributed by atoms with Gasteiger partial charge in [0.2, 0.25) is 0 Å². The van der Waals surface area contributed by atoms with E-state index in [1.807, 2.05) is 0 Å². The molecule has 10 aliphatic rings. The van der Waals surface area contributed by atoms with Crippen LogP contribution in [0, 0.1) is 95.0 Å². The first kappa shape index (κ1) is 52.1. The molecule has 4 N–H and O–H groups in total.